The SMILES string of the molecule is COc1cc(Br)ccc1CNCCCN1CCCC1. The maximum Gasteiger partial charge on any atom is 0.124 e. The maximum absolute atomic E-state index is 5.39. The van der Waals surface area contributed by atoms with Crippen molar-refractivity contribution in [2.75, 3.05) is 33.3 Å². The van der Waals surface area contributed by atoms with Crippen LogP contribution in [0.15, 0.2) is 22.7 Å². The first-order chi connectivity index (χ1) is 9.29. The Morgan fingerprint density at radius 1 is 1.32 bits per heavy atom. The molecule has 3 nitrogen and oxygen atoms in total. The van der Waals surface area contributed by atoms with Crippen LogP contribution in [0.1, 0.15) is 24.8 Å². The second kappa shape index (κ2) is 7.88. The fourth-order valence-corrected chi connectivity index (χ4v) is 2.86. The van der Waals surface area contributed by atoms with Crippen molar-refractivity contribution in [3.63, 3.8) is 0 Å². The van der Waals surface area contributed by atoms with Gasteiger partial charge in [0.15, 0.2) is 0 Å². The van der Waals surface area contributed by atoms with Gasteiger partial charge in [0.25, 0.3) is 0 Å². The van der Waals surface area contributed by atoms with Gasteiger partial charge in [-0.05, 0) is 57.6 Å². The van der Waals surface area contributed by atoms with Crippen LogP contribution in [-0.4, -0.2) is 38.2 Å². The van der Waals surface area contributed by atoms with E-state index in [9.17, 15) is 0 Å². The number of halogens is 1. The largest absolute Gasteiger partial charge is 0.496 e. The molecule has 1 aromatic rings. The van der Waals surface area contributed by atoms with Crippen molar-refractivity contribution in [1.82, 2.24) is 10.2 Å². The topological polar surface area (TPSA) is 24.5 Å². The molecule has 0 radical (unpaired) electrons. The molecule has 2 rings (SSSR count). The molecule has 0 spiro atoms. The number of nitrogens with one attached hydrogen (secondary N) is 1. The molecule has 1 heterocycles. The normalized spacial score (nSPS) is 15.9. The van der Waals surface area contributed by atoms with E-state index in [0.717, 1.165) is 23.3 Å². The summed E-state index contributed by atoms with van der Waals surface area (Å²) in [6, 6.07) is 6.18. The van der Waals surface area contributed by atoms with Gasteiger partial charge in [-0.25, -0.2) is 0 Å². The number of rotatable bonds is 7. The minimum Gasteiger partial charge on any atom is -0.496 e. The van der Waals surface area contributed by atoms with Gasteiger partial charge in [-0.2, -0.15) is 0 Å². The first-order valence-electron chi connectivity index (χ1n) is 7.05. The number of likely N-dealkylation sites (tertiary alicyclic amines) is 1. The van der Waals surface area contributed by atoms with Crippen LogP contribution >= 0.6 is 15.9 Å². The Bertz CT molecular complexity index is 392. The van der Waals surface area contributed by atoms with E-state index in [-0.39, 0.29) is 0 Å². The second-order valence-corrected chi connectivity index (χ2v) is 5.95. The molecule has 0 saturated carbocycles. The molecular weight excluding hydrogens is 304 g/mol. The summed E-state index contributed by atoms with van der Waals surface area (Å²) in [6.07, 6.45) is 3.98. The fourth-order valence-electron chi connectivity index (χ4n) is 2.52. The predicted octanol–water partition coefficient (Wildman–Crippen LogP) is 3.03. The third kappa shape index (κ3) is 4.79. The Morgan fingerprint density at radius 3 is 2.84 bits per heavy atom. The van der Waals surface area contributed by atoms with Crippen LogP contribution < -0.4 is 10.1 Å². The summed E-state index contributed by atoms with van der Waals surface area (Å²) in [7, 11) is 1.72. The monoisotopic (exact) mass is 326 g/mol. The Morgan fingerprint density at radius 2 is 2.11 bits per heavy atom. The number of hydrogen-bond acceptors (Lipinski definition) is 3. The van der Waals surface area contributed by atoms with E-state index in [1.807, 2.05) is 6.07 Å². The molecule has 0 aromatic heterocycles. The number of methoxy groups -OCH3 is 1. The van der Waals surface area contributed by atoms with Gasteiger partial charge in [0.2, 0.25) is 0 Å². The number of hydrogen-bond donors (Lipinski definition) is 1. The lowest BCUT2D eigenvalue weighted by Crippen LogP contribution is -2.24. The molecule has 1 N–H and O–H groups in total. The third-order valence-electron chi connectivity index (χ3n) is 3.59. The van der Waals surface area contributed by atoms with Gasteiger partial charge < -0.3 is 15.0 Å². The minimum absolute atomic E-state index is 0.871. The summed E-state index contributed by atoms with van der Waals surface area (Å²) in [5, 5.41) is 3.50. The van der Waals surface area contributed by atoms with Gasteiger partial charge in [-0.3, -0.25) is 0 Å². The lowest BCUT2D eigenvalue weighted by Gasteiger charge is -2.14. The van der Waals surface area contributed by atoms with Gasteiger partial charge in [-0.15, -0.1) is 0 Å². The van der Waals surface area contributed by atoms with E-state index in [4.69, 9.17) is 4.74 Å². The highest BCUT2D eigenvalue weighted by Gasteiger charge is 2.10. The summed E-state index contributed by atoms with van der Waals surface area (Å²) in [5.74, 6) is 0.946. The highest BCUT2D eigenvalue weighted by Crippen LogP contribution is 2.23. The molecule has 0 atom stereocenters. The molecule has 0 aliphatic carbocycles. The lowest BCUT2D eigenvalue weighted by molar-refractivity contribution is 0.330. The van der Waals surface area contributed by atoms with Crippen LogP contribution in [0.5, 0.6) is 5.75 Å². The highest BCUT2D eigenvalue weighted by atomic mass is 79.9. The molecule has 4 heteroatoms. The minimum atomic E-state index is 0.871. The highest BCUT2D eigenvalue weighted by molar-refractivity contribution is 9.10. The average Bonchev–Trinajstić information content (AvgIpc) is 2.93. The molecule has 1 saturated heterocycles. The summed E-state index contributed by atoms with van der Waals surface area (Å²) in [6.45, 7) is 5.75. The van der Waals surface area contributed by atoms with Crippen LogP contribution in [-0.2, 0) is 6.54 Å². The van der Waals surface area contributed by atoms with Gasteiger partial charge in [-0.1, -0.05) is 22.0 Å². The van der Waals surface area contributed by atoms with Gasteiger partial charge in [0, 0.05) is 16.6 Å². The van der Waals surface area contributed by atoms with Crippen molar-refractivity contribution in [2.45, 2.75) is 25.8 Å². The smallest absolute Gasteiger partial charge is 0.124 e. The predicted molar refractivity (Wildman–Crippen MR) is 82.7 cm³/mol. The molecule has 1 fully saturated rings. The van der Waals surface area contributed by atoms with Crippen molar-refractivity contribution in [2.24, 2.45) is 0 Å². The molecule has 19 heavy (non-hydrogen) atoms. The molecule has 1 aliphatic heterocycles. The van der Waals surface area contributed by atoms with Crippen molar-refractivity contribution in [3.05, 3.63) is 28.2 Å². The van der Waals surface area contributed by atoms with Crippen LogP contribution in [0, 0.1) is 0 Å². The first kappa shape index (κ1) is 14.8. The van der Waals surface area contributed by atoms with Gasteiger partial charge in [0.05, 0.1) is 7.11 Å². The van der Waals surface area contributed by atoms with E-state index < -0.39 is 0 Å². The molecule has 0 bridgehead atoms. The zero-order chi connectivity index (χ0) is 13.5. The molecular formula is C15H23BrN2O. The van der Waals surface area contributed by atoms with Crippen LogP contribution in [0.4, 0.5) is 0 Å². The zero-order valence-corrected chi connectivity index (χ0v) is 13.2. The van der Waals surface area contributed by atoms with Crippen LogP contribution in [0.2, 0.25) is 0 Å². The Balaban J connectivity index is 1.67. The van der Waals surface area contributed by atoms with Crippen molar-refractivity contribution in [1.29, 1.82) is 0 Å². The van der Waals surface area contributed by atoms with Crippen molar-refractivity contribution in [3.8, 4) is 5.75 Å². The Kier molecular flexibility index (Phi) is 6.14. The van der Waals surface area contributed by atoms with E-state index in [1.165, 1.54) is 44.5 Å². The lowest BCUT2D eigenvalue weighted by atomic mass is 10.2. The van der Waals surface area contributed by atoms with Gasteiger partial charge in [0.1, 0.15) is 5.75 Å². The maximum atomic E-state index is 5.39. The molecule has 106 valence electrons. The molecule has 1 aromatic carbocycles. The van der Waals surface area contributed by atoms with E-state index in [1.54, 1.807) is 7.11 Å². The summed E-state index contributed by atoms with van der Waals surface area (Å²) in [5.41, 5.74) is 1.21. The molecule has 0 amide bonds. The first-order valence-corrected chi connectivity index (χ1v) is 7.84. The number of nitrogens with zero attached hydrogens (tertiary/aromatic N) is 1. The Labute approximate surface area is 124 Å². The quantitative estimate of drug-likeness (QED) is 0.779. The number of benzene rings is 1. The van der Waals surface area contributed by atoms with E-state index in [2.05, 4.69) is 38.3 Å². The summed E-state index contributed by atoms with van der Waals surface area (Å²) >= 11 is 3.46. The standard InChI is InChI=1S/C15H23BrN2O/c1-19-15-11-14(16)6-5-13(15)12-17-7-4-10-18-8-2-3-9-18/h5-6,11,17H,2-4,7-10,12H2,1H3. The second-order valence-electron chi connectivity index (χ2n) is 5.04. The average molecular weight is 327 g/mol. The summed E-state index contributed by atoms with van der Waals surface area (Å²) < 4.78 is 6.44. The molecule has 0 unspecified atom stereocenters. The zero-order valence-electron chi connectivity index (χ0n) is 11.6. The summed E-state index contributed by atoms with van der Waals surface area (Å²) in [4.78, 5) is 2.56. The fraction of sp³-hybridized carbons (Fsp3) is 0.600. The third-order valence-corrected chi connectivity index (χ3v) is 4.08. The van der Waals surface area contributed by atoms with Crippen LogP contribution in [0.25, 0.3) is 0 Å². The van der Waals surface area contributed by atoms with Crippen molar-refractivity contribution < 1.29 is 4.74 Å². The van der Waals surface area contributed by atoms with E-state index in [0.29, 0.717) is 0 Å². The van der Waals surface area contributed by atoms with Crippen LogP contribution in [0.3, 0.4) is 0 Å². The number of ether oxygens (including phenoxy) is 1. The molecule has 1 aliphatic rings. The van der Waals surface area contributed by atoms with E-state index >= 15 is 0 Å². The van der Waals surface area contributed by atoms with Crippen molar-refractivity contribution >= 4 is 15.9 Å². The Hall–Kier alpha value is -0.580. The van der Waals surface area contributed by atoms with Gasteiger partial charge >= 0.3 is 0 Å².